The monoisotopic (exact) mass is 363 g/mol. The maximum atomic E-state index is 12.6. The molecule has 0 radical (unpaired) electrons. The van der Waals surface area contributed by atoms with E-state index in [1.807, 2.05) is 65.3 Å². The Bertz CT molecular complexity index is 1080. The van der Waals surface area contributed by atoms with Crippen LogP contribution < -0.4 is 5.32 Å². The van der Waals surface area contributed by atoms with Gasteiger partial charge in [0.25, 0.3) is 5.91 Å². The fraction of sp³-hybridized carbons (Fsp3) is 0.105. The van der Waals surface area contributed by atoms with E-state index in [9.17, 15) is 4.79 Å². The number of nitrogens with one attached hydrogen (secondary N) is 2. The number of imidazole rings is 2. The predicted octanol–water partition coefficient (Wildman–Crippen LogP) is 3.16. The third-order valence-corrected chi connectivity index (χ3v) is 4.40. The smallest absolute Gasteiger partial charge is 0.269 e. The van der Waals surface area contributed by atoms with Crippen LogP contribution in [0.15, 0.2) is 67.1 Å². The molecular weight excluding hydrogens is 346 g/mol. The lowest BCUT2D eigenvalue weighted by Crippen LogP contribution is -2.27. The summed E-state index contributed by atoms with van der Waals surface area (Å²) in [6.45, 7) is 0.495. The van der Waals surface area contributed by atoms with Gasteiger partial charge in [-0.1, -0.05) is 24.3 Å². The second-order valence-corrected chi connectivity index (χ2v) is 6.24. The fourth-order valence-electron chi connectivity index (χ4n) is 2.87. The van der Waals surface area contributed by atoms with E-state index in [2.05, 4.69) is 15.3 Å². The van der Waals surface area contributed by atoms with Crippen molar-refractivity contribution < 1.29 is 4.79 Å². The van der Waals surface area contributed by atoms with Crippen LogP contribution in [-0.2, 0) is 6.42 Å². The maximum absolute atomic E-state index is 12.6. The Morgan fingerprint density at radius 3 is 2.77 bits per heavy atom. The van der Waals surface area contributed by atoms with Gasteiger partial charge in [-0.05, 0) is 36.5 Å². The number of aromatic nitrogens is 4. The summed E-state index contributed by atoms with van der Waals surface area (Å²) >= 11 is 5.31. The van der Waals surface area contributed by atoms with Gasteiger partial charge in [0, 0.05) is 37.2 Å². The van der Waals surface area contributed by atoms with Crippen LogP contribution in [0.5, 0.6) is 0 Å². The van der Waals surface area contributed by atoms with E-state index in [1.54, 1.807) is 10.8 Å². The van der Waals surface area contributed by atoms with E-state index in [0.29, 0.717) is 23.4 Å². The summed E-state index contributed by atoms with van der Waals surface area (Å²) in [7, 11) is 0. The molecule has 3 heterocycles. The minimum atomic E-state index is -0.176. The highest BCUT2D eigenvalue weighted by atomic mass is 32.1. The number of amides is 1. The predicted molar refractivity (Wildman–Crippen MR) is 102 cm³/mol. The number of hydrogen-bond acceptors (Lipinski definition) is 3. The lowest BCUT2D eigenvalue weighted by molar-refractivity contribution is 0.0947. The molecule has 4 aromatic rings. The summed E-state index contributed by atoms with van der Waals surface area (Å²) < 4.78 is 4.19. The number of rotatable bonds is 5. The van der Waals surface area contributed by atoms with E-state index in [0.717, 1.165) is 17.0 Å². The first-order valence-electron chi connectivity index (χ1n) is 8.29. The molecule has 0 atom stereocenters. The molecule has 26 heavy (non-hydrogen) atoms. The molecule has 1 amide bonds. The molecule has 6 nitrogen and oxygen atoms in total. The van der Waals surface area contributed by atoms with Crippen molar-refractivity contribution in [1.29, 1.82) is 0 Å². The summed E-state index contributed by atoms with van der Waals surface area (Å²) in [5.74, 6) is -0.176. The van der Waals surface area contributed by atoms with Gasteiger partial charge in [0.2, 0.25) is 0 Å². The average Bonchev–Trinajstić information content (AvgIpc) is 3.25. The topological polar surface area (TPSA) is 67.1 Å². The van der Waals surface area contributed by atoms with Crippen LogP contribution in [0.2, 0.25) is 0 Å². The van der Waals surface area contributed by atoms with Gasteiger partial charge in [0.15, 0.2) is 4.77 Å². The van der Waals surface area contributed by atoms with Crippen molar-refractivity contribution in [1.82, 2.24) is 24.3 Å². The molecule has 0 saturated carbocycles. The number of carbonyl (C=O) groups excluding carboxylic acids is 1. The molecular formula is C19H17N5OS. The number of para-hydroxylation sites is 1. The van der Waals surface area contributed by atoms with Crippen LogP contribution in [0.3, 0.4) is 0 Å². The van der Waals surface area contributed by atoms with Gasteiger partial charge in [0.1, 0.15) is 11.3 Å². The lowest BCUT2D eigenvalue weighted by atomic mass is 10.3. The number of benzene rings is 1. The highest BCUT2D eigenvalue weighted by Crippen LogP contribution is 2.12. The van der Waals surface area contributed by atoms with Crippen molar-refractivity contribution in [2.24, 2.45) is 0 Å². The fourth-order valence-corrected chi connectivity index (χ4v) is 3.13. The third kappa shape index (κ3) is 3.16. The molecule has 0 aliphatic heterocycles. The van der Waals surface area contributed by atoms with Gasteiger partial charge in [-0.15, -0.1) is 0 Å². The molecule has 0 aliphatic carbocycles. The maximum Gasteiger partial charge on any atom is 0.269 e. The summed E-state index contributed by atoms with van der Waals surface area (Å²) in [5.41, 5.74) is 3.17. The zero-order valence-electron chi connectivity index (χ0n) is 13.9. The lowest BCUT2D eigenvalue weighted by Gasteiger charge is -2.08. The number of hydrogen-bond donors (Lipinski definition) is 2. The largest absolute Gasteiger partial charge is 0.350 e. The Hall–Kier alpha value is -3.19. The minimum absolute atomic E-state index is 0.176. The van der Waals surface area contributed by atoms with Crippen molar-refractivity contribution in [3.63, 3.8) is 0 Å². The first kappa shape index (κ1) is 16.3. The zero-order chi connectivity index (χ0) is 17.9. The molecule has 0 aliphatic rings. The standard InChI is InChI=1S/C19H17N5OS/c25-18(16-12-21-19(26)24(16)15-6-2-1-3-7-15)20-10-9-14-13-23-11-5-4-8-17(23)22-14/h1-8,11-13H,9-10H2,(H,20,25)(H,21,26). The number of fused-ring (bicyclic) bond motifs is 1. The van der Waals surface area contributed by atoms with Gasteiger partial charge in [-0.2, -0.15) is 0 Å². The third-order valence-electron chi connectivity index (χ3n) is 4.10. The van der Waals surface area contributed by atoms with E-state index in [4.69, 9.17) is 12.2 Å². The number of carbonyl (C=O) groups is 1. The number of aromatic amines is 1. The molecule has 130 valence electrons. The summed E-state index contributed by atoms with van der Waals surface area (Å²) in [6, 6.07) is 15.4. The molecule has 3 aromatic heterocycles. The number of nitrogens with zero attached hydrogens (tertiary/aromatic N) is 3. The van der Waals surface area contributed by atoms with Gasteiger partial charge in [-0.3, -0.25) is 9.36 Å². The molecule has 0 bridgehead atoms. The molecule has 4 rings (SSSR count). The molecule has 2 N–H and O–H groups in total. The average molecular weight is 363 g/mol. The number of pyridine rings is 1. The normalized spacial score (nSPS) is 10.9. The molecule has 0 spiro atoms. The van der Waals surface area contributed by atoms with Crippen molar-refractivity contribution in [2.75, 3.05) is 6.54 Å². The summed E-state index contributed by atoms with van der Waals surface area (Å²) in [5, 5.41) is 2.94. The molecule has 7 heteroatoms. The quantitative estimate of drug-likeness (QED) is 0.535. The Kier molecular flexibility index (Phi) is 4.37. The minimum Gasteiger partial charge on any atom is -0.350 e. The first-order valence-corrected chi connectivity index (χ1v) is 8.70. The van der Waals surface area contributed by atoms with Crippen LogP contribution in [0, 0.1) is 4.77 Å². The molecule has 0 fully saturated rings. The Labute approximate surface area is 155 Å². The van der Waals surface area contributed by atoms with Crippen molar-refractivity contribution in [3.8, 4) is 5.69 Å². The number of H-pyrrole nitrogens is 1. The van der Waals surface area contributed by atoms with E-state index in [1.165, 1.54) is 0 Å². The second kappa shape index (κ2) is 6.97. The molecule has 0 saturated heterocycles. The van der Waals surface area contributed by atoms with Gasteiger partial charge >= 0.3 is 0 Å². The Balaban J connectivity index is 1.46. The van der Waals surface area contributed by atoms with Crippen LogP contribution in [0.25, 0.3) is 11.3 Å². The Morgan fingerprint density at radius 1 is 1.15 bits per heavy atom. The molecule has 1 aromatic carbocycles. The summed E-state index contributed by atoms with van der Waals surface area (Å²) in [6.07, 6.45) is 6.22. The van der Waals surface area contributed by atoms with E-state index in [-0.39, 0.29) is 5.91 Å². The van der Waals surface area contributed by atoms with Gasteiger partial charge in [-0.25, -0.2) is 4.98 Å². The van der Waals surface area contributed by atoms with Crippen LogP contribution in [0.1, 0.15) is 16.2 Å². The van der Waals surface area contributed by atoms with Crippen LogP contribution in [0.4, 0.5) is 0 Å². The van der Waals surface area contributed by atoms with Crippen molar-refractivity contribution in [2.45, 2.75) is 6.42 Å². The summed E-state index contributed by atoms with van der Waals surface area (Å²) in [4.78, 5) is 20.1. The highest BCUT2D eigenvalue weighted by Gasteiger charge is 2.14. The van der Waals surface area contributed by atoms with E-state index < -0.39 is 0 Å². The second-order valence-electron chi connectivity index (χ2n) is 5.85. The zero-order valence-corrected chi connectivity index (χ0v) is 14.7. The van der Waals surface area contributed by atoms with Crippen LogP contribution in [-0.4, -0.2) is 31.4 Å². The first-order chi connectivity index (χ1) is 12.7. The van der Waals surface area contributed by atoms with Crippen molar-refractivity contribution in [3.05, 3.63) is 83.3 Å². The van der Waals surface area contributed by atoms with Gasteiger partial charge in [0.05, 0.1) is 5.69 Å². The van der Waals surface area contributed by atoms with E-state index >= 15 is 0 Å². The SMILES string of the molecule is O=C(NCCc1cn2ccccc2n1)c1c[nH]c(=S)n1-c1ccccc1. The van der Waals surface area contributed by atoms with Crippen LogP contribution >= 0.6 is 12.2 Å². The van der Waals surface area contributed by atoms with Crippen molar-refractivity contribution >= 4 is 23.8 Å². The Morgan fingerprint density at radius 2 is 1.96 bits per heavy atom. The molecule has 0 unspecified atom stereocenters. The highest BCUT2D eigenvalue weighted by molar-refractivity contribution is 7.71. The van der Waals surface area contributed by atoms with Gasteiger partial charge < -0.3 is 14.7 Å².